The Morgan fingerprint density at radius 1 is 1.19 bits per heavy atom. The summed E-state index contributed by atoms with van der Waals surface area (Å²) < 4.78 is 55.0. The molecule has 1 rings (SSSR count). The monoisotopic (exact) mass is 325 g/mol. The lowest BCUT2D eigenvalue weighted by molar-refractivity contribution is -0.0329. The van der Waals surface area contributed by atoms with Gasteiger partial charge in [-0.1, -0.05) is 12.1 Å². The van der Waals surface area contributed by atoms with Crippen molar-refractivity contribution < 1.29 is 22.3 Å². The highest BCUT2D eigenvalue weighted by Crippen LogP contribution is 2.30. The quantitative estimate of drug-likeness (QED) is 0.621. The molecule has 1 aromatic rings. The minimum Gasteiger partial charge on any atom is -0.489 e. The fourth-order valence-electron chi connectivity index (χ4n) is 1.52. The van der Waals surface area contributed by atoms with Crippen molar-refractivity contribution >= 4 is 11.8 Å². The van der Waals surface area contributed by atoms with E-state index in [1.54, 1.807) is 12.1 Å². The first kappa shape index (κ1) is 18.1. The van der Waals surface area contributed by atoms with Gasteiger partial charge in [-0.2, -0.15) is 13.2 Å². The van der Waals surface area contributed by atoms with Crippen molar-refractivity contribution in [2.24, 2.45) is 0 Å². The highest BCUT2D eigenvalue weighted by atomic mass is 32.2. The minimum atomic E-state index is -4.30. The molecule has 0 saturated heterocycles. The lowest BCUT2D eigenvalue weighted by atomic mass is 10.1. The van der Waals surface area contributed by atoms with Crippen molar-refractivity contribution in [1.82, 2.24) is 5.32 Å². The SMILES string of the molecule is CC(C)(C)NCc1cccc(F)c1OCCSC(F)(F)F. The van der Waals surface area contributed by atoms with Crippen LogP contribution in [0.3, 0.4) is 0 Å². The molecule has 2 nitrogen and oxygen atoms in total. The van der Waals surface area contributed by atoms with E-state index in [1.807, 2.05) is 20.8 Å². The van der Waals surface area contributed by atoms with Gasteiger partial charge in [0.15, 0.2) is 11.6 Å². The van der Waals surface area contributed by atoms with Gasteiger partial charge in [-0.25, -0.2) is 4.39 Å². The Morgan fingerprint density at radius 3 is 2.43 bits per heavy atom. The van der Waals surface area contributed by atoms with Crippen molar-refractivity contribution in [2.75, 3.05) is 12.4 Å². The van der Waals surface area contributed by atoms with Gasteiger partial charge in [0, 0.05) is 23.4 Å². The average molecular weight is 325 g/mol. The summed E-state index contributed by atoms with van der Waals surface area (Å²) in [4.78, 5) is 0. The molecule has 21 heavy (non-hydrogen) atoms. The van der Waals surface area contributed by atoms with Crippen LogP contribution in [0.4, 0.5) is 17.6 Å². The Morgan fingerprint density at radius 2 is 1.86 bits per heavy atom. The van der Waals surface area contributed by atoms with Crippen molar-refractivity contribution in [3.8, 4) is 5.75 Å². The van der Waals surface area contributed by atoms with Crippen molar-refractivity contribution in [3.05, 3.63) is 29.6 Å². The van der Waals surface area contributed by atoms with Gasteiger partial charge >= 0.3 is 5.51 Å². The Labute approximate surface area is 126 Å². The molecule has 0 spiro atoms. The van der Waals surface area contributed by atoms with E-state index in [4.69, 9.17) is 4.74 Å². The second-order valence-corrected chi connectivity index (χ2v) is 6.63. The van der Waals surface area contributed by atoms with Crippen LogP contribution in [-0.4, -0.2) is 23.4 Å². The Balaban J connectivity index is 2.63. The number of ether oxygens (including phenoxy) is 1. The molecular formula is C14H19F4NOS. The number of rotatable bonds is 6. The molecule has 0 fully saturated rings. The maximum absolute atomic E-state index is 13.7. The molecule has 0 unspecified atom stereocenters. The number of halogens is 4. The van der Waals surface area contributed by atoms with Crippen LogP contribution in [0.15, 0.2) is 18.2 Å². The first-order chi connectivity index (χ1) is 9.58. The zero-order valence-electron chi connectivity index (χ0n) is 12.2. The number of hydrogen-bond acceptors (Lipinski definition) is 3. The van der Waals surface area contributed by atoms with E-state index in [9.17, 15) is 17.6 Å². The molecule has 0 amide bonds. The van der Waals surface area contributed by atoms with E-state index in [2.05, 4.69) is 5.32 Å². The molecule has 0 heterocycles. The normalized spacial score (nSPS) is 12.5. The van der Waals surface area contributed by atoms with Gasteiger partial charge in [-0.3, -0.25) is 0 Å². The second kappa shape index (κ2) is 7.35. The summed E-state index contributed by atoms with van der Waals surface area (Å²) in [5.41, 5.74) is -3.87. The standard InChI is InChI=1S/C14H19F4NOS/c1-13(2,3)19-9-10-5-4-6-11(15)12(10)20-7-8-21-14(16,17)18/h4-6,19H,7-9H2,1-3H3. The number of hydrogen-bond donors (Lipinski definition) is 1. The van der Waals surface area contributed by atoms with Gasteiger partial charge in [-0.05, 0) is 38.6 Å². The third kappa shape index (κ3) is 7.57. The van der Waals surface area contributed by atoms with Gasteiger partial charge in [-0.15, -0.1) is 0 Å². The Kier molecular flexibility index (Phi) is 6.34. The predicted molar refractivity (Wildman–Crippen MR) is 77.0 cm³/mol. The number of benzene rings is 1. The van der Waals surface area contributed by atoms with Crippen LogP contribution in [0.25, 0.3) is 0 Å². The summed E-state index contributed by atoms with van der Waals surface area (Å²) >= 11 is -0.181. The van der Waals surface area contributed by atoms with Crippen LogP contribution in [0.1, 0.15) is 26.3 Å². The van der Waals surface area contributed by atoms with E-state index >= 15 is 0 Å². The fourth-order valence-corrected chi connectivity index (χ4v) is 1.91. The van der Waals surface area contributed by atoms with Crippen LogP contribution in [0.5, 0.6) is 5.75 Å². The maximum atomic E-state index is 13.7. The second-order valence-electron chi connectivity index (χ2n) is 5.47. The summed E-state index contributed by atoms with van der Waals surface area (Å²) in [5.74, 6) is -0.832. The third-order valence-electron chi connectivity index (χ3n) is 2.45. The molecular weight excluding hydrogens is 306 g/mol. The smallest absolute Gasteiger partial charge is 0.441 e. The average Bonchev–Trinajstić information content (AvgIpc) is 2.31. The van der Waals surface area contributed by atoms with Crippen LogP contribution < -0.4 is 10.1 Å². The zero-order valence-corrected chi connectivity index (χ0v) is 13.0. The summed E-state index contributed by atoms with van der Waals surface area (Å²) in [6, 6.07) is 4.47. The molecule has 0 atom stereocenters. The van der Waals surface area contributed by atoms with Crippen LogP contribution in [-0.2, 0) is 6.54 Å². The molecule has 0 aliphatic carbocycles. The summed E-state index contributed by atoms with van der Waals surface area (Å²) in [6.07, 6.45) is 0. The summed E-state index contributed by atoms with van der Waals surface area (Å²) in [7, 11) is 0. The largest absolute Gasteiger partial charge is 0.489 e. The summed E-state index contributed by atoms with van der Waals surface area (Å²) in [6.45, 7) is 6.07. The molecule has 0 saturated carbocycles. The van der Waals surface area contributed by atoms with Gasteiger partial charge < -0.3 is 10.1 Å². The molecule has 7 heteroatoms. The number of nitrogens with one attached hydrogen (secondary N) is 1. The highest BCUT2D eigenvalue weighted by Gasteiger charge is 2.27. The van der Waals surface area contributed by atoms with E-state index in [0.29, 0.717) is 12.1 Å². The lowest BCUT2D eigenvalue weighted by Gasteiger charge is -2.22. The number of thioether (sulfide) groups is 1. The van der Waals surface area contributed by atoms with Crippen LogP contribution in [0.2, 0.25) is 0 Å². The maximum Gasteiger partial charge on any atom is 0.441 e. The first-order valence-electron chi connectivity index (χ1n) is 6.44. The van der Waals surface area contributed by atoms with Crippen LogP contribution >= 0.6 is 11.8 Å². The van der Waals surface area contributed by atoms with Gasteiger partial charge in [0.1, 0.15) is 0 Å². The zero-order chi connectivity index (χ0) is 16.1. The number of para-hydroxylation sites is 1. The molecule has 120 valence electrons. The predicted octanol–water partition coefficient (Wildman–Crippen LogP) is 4.35. The van der Waals surface area contributed by atoms with Crippen molar-refractivity contribution in [3.63, 3.8) is 0 Å². The van der Waals surface area contributed by atoms with Crippen molar-refractivity contribution in [1.29, 1.82) is 0 Å². The number of alkyl halides is 3. The molecule has 0 aliphatic heterocycles. The molecule has 1 N–H and O–H groups in total. The van der Waals surface area contributed by atoms with Gasteiger partial charge in [0.2, 0.25) is 0 Å². The Bertz CT molecular complexity index is 457. The molecule has 0 aromatic heterocycles. The molecule has 0 aliphatic rings. The lowest BCUT2D eigenvalue weighted by Crippen LogP contribution is -2.35. The summed E-state index contributed by atoms with van der Waals surface area (Å²) in [5, 5.41) is 3.19. The fraction of sp³-hybridized carbons (Fsp3) is 0.571. The van der Waals surface area contributed by atoms with Crippen molar-refractivity contribution in [2.45, 2.75) is 38.4 Å². The van der Waals surface area contributed by atoms with E-state index in [1.165, 1.54) is 6.07 Å². The van der Waals surface area contributed by atoms with Crippen LogP contribution in [0, 0.1) is 5.82 Å². The Hall–Kier alpha value is -0.950. The van der Waals surface area contributed by atoms with Gasteiger partial charge in [0.05, 0.1) is 6.61 Å². The van der Waals surface area contributed by atoms with E-state index in [-0.39, 0.29) is 35.4 Å². The molecule has 0 radical (unpaired) electrons. The van der Waals surface area contributed by atoms with Gasteiger partial charge in [0.25, 0.3) is 0 Å². The van der Waals surface area contributed by atoms with E-state index in [0.717, 1.165) is 0 Å². The third-order valence-corrected chi connectivity index (χ3v) is 3.15. The first-order valence-corrected chi connectivity index (χ1v) is 7.43. The minimum absolute atomic E-state index is 0.0111. The molecule has 1 aromatic carbocycles. The topological polar surface area (TPSA) is 21.3 Å². The highest BCUT2D eigenvalue weighted by molar-refractivity contribution is 8.00. The van der Waals surface area contributed by atoms with E-state index < -0.39 is 11.3 Å². The molecule has 0 bridgehead atoms.